The minimum atomic E-state index is 0.826. The van der Waals surface area contributed by atoms with Crippen LogP contribution in [0.5, 0.6) is 0 Å². The van der Waals surface area contributed by atoms with Gasteiger partial charge in [0.1, 0.15) is 0 Å². The molecule has 0 spiro atoms. The van der Waals surface area contributed by atoms with Crippen LogP contribution in [0, 0.1) is 0 Å². The summed E-state index contributed by atoms with van der Waals surface area (Å²) >= 11 is 8.36. The largest absolute Gasteiger partial charge is 0.338 e. The standard InChI is InChI=1S/C17H17ClN4S/c18-16-13-4-1-2-5-14(13)23-15(16)12-21-8-10-22(11-9-21)17-19-6-3-7-20-17/h1-7H,8-12H2. The van der Waals surface area contributed by atoms with Crippen molar-refractivity contribution in [3.05, 3.63) is 52.6 Å². The van der Waals surface area contributed by atoms with Gasteiger partial charge in [-0.15, -0.1) is 11.3 Å². The van der Waals surface area contributed by atoms with Gasteiger partial charge in [0.2, 0.25) is 5.95 Å². The summed E-state index contributed by atoms with van der Waals surface area (Å²) in [4.78, 5) is 14.6. The Balaban J connectivity index is 1.43. The van der Waals surface area contributed by atoms with Crippen LogP contribution >= 0.6 is 22.9 Å². The average Bonchev–Trinajstić information content (AvgIpc) is 2.93. The Bertz CT molecular complexity index is 797. The van der Waals surface area contributed by atoms with Crippen molar-refractivity contribution in [1.82, 2.24) is 14.9 Å². The van der Waals surface area contributed by atoms with Crippen LogP contribution < -0.4 is 4.90 Å². The molecule has 118 valence electrons. The van der Waals surface area contributed by atoms with Gasteiger partial charge < -0.3 is 4.90 Å². The molecular formula is C17H17ClN4S. The first-order valence-electron chi connectivity index (χ1n) is 7.71. The maximum absolute atomic E-state index is 6.55. The molecule has 0 amide bonds. The number of piperazine rings is 1. The van der Waals surface area contributed by atoms with Gasteiger partial charge >= 0.3 is 0 Å². The van der Waals surface area contributed by atoms with Gasteiger partial charge in [-0.1, -0.05) is 29.8 Å². The third-order valence-electron chi connectivity index (χ3n) is 4.18. The fraction of sp³-hybridized carbons (Fsp3) is 0.294. The van der Waals surface area contributed by atoms with E-state index in [1.165, 1.54) is 15.0 Å². The predicted molar refractivity (Wildman–Crippen MR) is 96.4 cm³/mol. The fourth-order valence-corrected chi connectivity index (χ4v) is 4.47. The molecule has 1 aromatic carbocycles. The number of hydrogen-bond donors (Lipinski definition) is 0. The molecule has 0 saturated carbocycles. The van der Waals surface area contributed by atoms with E-state index in [1.807, 2.05) is 12.1 Å². The van der Waals surface area contributed by atoms with Crippen LogP contribution in [-0.2, 0) is 6.54 Å². The van der Waals surface area contributed by atoms with Gasteiger partial charge in [0.05, 0.1) is 5.02 Å². The van der Waals surface area contributed by atoms with Crippen LogP contribution in [0.1, 0.15) is 4.88 Å². The van der Waals surface area contributed by atoms with Crippen molar-refractivity contribution in [1.29, 1.82) is 0 Å². The molecule has 2 aromatic heterocycles. The van der Waals surface area contributed by atoms with Gasteiger partial charge in [0, 0.05) is 60.1 Å². The molecule has 4 nitrogen and oxygen atoms in total. The lowest BCUT2D eigenvalue weighted by Crippen LogP contribution is -2.46. The normalized spacial score (nSPS) is 16.1. The number of aromatic nitrogens is 2. The molecule has 0 aliphatic carbocycles. The Morgan fingerprint density at radius 2 is 1.74 bits per heavy atom. The topological polar surface area (TPSA) is 32.3 Å². The minimum Gasteiger partial charge on any atom is -0.338 e. The zero-order valence-corrected chi connectivity index (χ0v) is 14.2. The highest BCUT2D eigenvalue weighted by molar-refractivity contribution is 7.19. The van der Waals surface area contributed by atoms with E-state index < -0.39 is 0 Å². The quantitative estimate of drug-likeness (QED) is 0.725. The maximum atomic E-state index is 6.55. The van der Waals surface area contributed by atoms with E-state index in [4.69, 9.17) is 11.6 Å². The summed E-state index contributed by atoms with van der Waals surface area (Å²) in [5, 5.41) is 2.09. The Morgan fingerprint density at radius 1 is 1.00 bits per heavy atom. The first-order chi connectivity index (χ1) is 11.3. The minimum absolute atomic E-state index is 0.826. The number of rotatable bonds is 3. The van der Waals surface area contributed by atoms with Gasteiger partial charge in [0.25, 0.3) is 0 Å². The van der Waals surface area contributed by atoms with E-state index in [2.05, 4.69) is 38.0 Å². The molecule has 4 rings (SSSR count). The van der Waals surface area contributed by atoms with E-state index in [1.54, 1.807) is 23.7 Å². The van der Waals surface area contributed by atoms with Gasteiger partial charge in [0.15, 0.2) is 0 Å². The number of hydrogen-bond acceptors (Lipinski definition) is 5. The Morgan fingerprint density at radius 3 is 2.48 bits per heavy atom. The number of nitrogens with zero attached hydrogens (tertiary/aromatic N) is 4. The lowest BCUT2D eigenvalue weighted by molar-refractivity contribution is 0.251. The van der Waals surface area contributed by atoms with Crippen molar-refractivity contribution in [2.45, 2.75) is 6.54 Å². The number of anilines is 1. The molecule has 1 aliphatic heterocycles. The second-order valence-electron chi connectivity index (χ2n) is 5.65. The SMILES string of the molecule is Clc1c(CN2CCN(c3ncccn3)CC2)sc2ccccc12. The highest BCUT2D eigenvalue weighted by Crippen LogP contribution is 2.36. The molecule has 1 aliphatic rings. The molecule has 0 radical (unpaired) electrons. The summed E-state index contributed by atoms with van der Waals surface area (Å²) in [6, 6.07) is 10.2. The number of benzene rings is 1. The monoisotopic (exact) mass is 344 g/mol. The first kappa shape index (κ1) is 14.9. The fourth-order valence-electron chi connectivity index (χ4n) is 2.93. The van der Waals surface area contributed by atoms with Crippen molar-refractivity contribution >= 4 is 39.0 Å². The second-order valence-corrected chi connectivity index (χ2v) is 7.16. The van der Waals surface area contributed by atoms with E-state index in [9.17, 15) is 0 Å². The van der Waals surface area contributed by atoms with Gasteiger partial charge in [-0.25, -0.2) is 9.97 Å². The molecule has 1 saturated heterocycles. The van der Waals surface area contributed by atoms with Gasteiger partial charge in [-0.3, -0.25) is 4.90 Å². The van der Waals surface area contributed by atoms with Crippen LogP contribution in [0.15, 0.2) is 42.7 Å². The number of halogens is 1. The second kappa shape index (κ2) is 6.43. The number of thiophene rings is 1. The van der Waals surface area contributed by atoms with Gasteiger partial charge in [-0.2, -0.15) is 0 Å². The summed E-state index contributed by atoms with van der Waals surface area (Å²) in [6.07, 6.45) is 3.59. The van der Waals surface area contributed by atoms with Crippen molar-refractivity contribution in [2.24, 2.45) is 0 Å². The third kappa shape index (κ3) is 3.04. The molecule has 0 bridgehead atoms. The zero-order chi connectivity index (χ0) is 15.6. The highest BCUT2D eigenvalue weighted by Gasteiger charge is 2.20. The van der Waals surface area contributed by atoms with E-state index in [0.29, 0.717) is 0 Å². The van der Waals surface area contributed by atoms with Crippen LogP contribution in [0.2, 0.25) is 5.02 Å². The molecule has 6 heteroatoms. The van der Waals surface area contributed by atoms with Crippen molar-refractivity contribution in [2.75, 3.05) is 31.1 Å². The summed E-state index contributed by atoms with van der Waals surface area (Å²) in [6.45, 7) is 4.83. The summed E-state index contributed by atoms with van der Waals surface area (Å²) in [5.74, 6) is 0.826. The molecule has 3 heterocycles. The predicted octanol–water partition coefficient (Wildman–Crippen LogP) is 3.67. The molecule has 0 unspecified atom stereocenters. The smallest absolute Gasteiger partial charge is 0.225 e. The maximum Gasteiger partial charge on any atom is 0.225 e. The van der Waals surface area contributed by atoms with Gasteiger partial charge in [-0.05, 0) is 12.1 Å². The molecule has 0 atom stereocenters. The Labute approximate surface area is 144 Å². The molecule has 1 fully saturated rings. The Kier molecular flexibility index (Phi) is 4.16. The Hall–Kier alpha value is -1.69. The third-order valence-corrected chi connectivity index (χ3v) is 5.88. The van der Waals surface area contributed by atoms with E-state index in [0.717, 1.165) is 43.7 Å². The van der Waals surface area contributed by atoms with Crippen LogP contribution in [0.3, 0.4) is 0 Å². The van der Waals surface area contributed by atoms with Crippen LogP contribution in [-0.4, -0.2) is 41.0 Å². The zero-order valence-electron chi connectivity index (χ0n) is 12.7. The number of fused-ring (bicyclic) bond motifs is 1. The lowest BCUT2D eigenvalue weighted by atomic mass is 10.2. The van der Waals surface area contributed by atoms with E-state index >= 15 is 0 Å². The lowest BCUT2D eigenvalue weighted by Gasteiger charge is -2.34. The van der Waals surface area contributed by atoms with Crippen LogP contribution in [0.4, 0.5) is 5.95 Å². The van der Waals surface area contributed by atoms with Crippen LogP contribution in [0.25, 0.3) is 10.1 Å². The van der Waals surface area contributed by atoms with Crippen molar-refractivity contribution < 1.29 is 0 Å². The molecular weight excluding hydrogens is 328 g/mol. The molecule has 3 aromatic rings. The van der Waals surface area contributed by atoms with Crippen molar-refractivity contribution in [3.63, 3.8) is 0 Å². The average molecular weight is 345 g/mol. The molecule has 23 heavy (non-hydrogen) atoms. The van der Waals surface area contributed by atoms with Crippen molar-refractivity contribution in [3.8, 4) is 0 Å². The summed E-state index contributed by atoms with van der Waals surface area (Å²) in [7, 11) is 0. The molecule has 0 N–H and O–H groups in total. The summed E-state index contributed by atoms with van der Waals surface area (Å²) in [5.41, 5.74) is 0. The first-order valence-corrected chi connectivity index (χ1v) is 8.91. The van der Waals surface area contributed by atoms with E-state index in [-0.39, 0.29) is 0 Å². The highest BCUT2D eigenvalue weighted by atomic mass is 35.5. The summed E-state index contributed by atoms with van der Waals surface area (Å²) < 4.78 is 1.27.